The third-order valence-corrected chi connectivity index (χ3v) is 3.06. The maximum absolute atomic E-state index is 12.2. The van der Waals surface area contributed by atoms with Gasteiger partial charge >= 0.3 is 0 Å². The topological polar surface area (TPSA) is 67.8 Å². The number of ether oxygens (including phenoxy) is 2. The highest BCUT2D eigenvalue weighted by Gasteiger charge is 2.16. The van der Waals surface area contributed by atoms with E-state index >= 15 is 0 Å². The van der Waals surface area contributed by atoms with E-state index in [0.29, 0.717) is 22.2 Å². The molecule has 0 bridgehead atoms. The molecular formula is C15H14ClNO4. The number of halogens is 1. The highest BCUT2D eigenvalue weighted by Crippen LogP contribution is 2.34. The van der Waals surface area contributed by atoms with Gasteiger partial charge in [-0.2, -0.15) is 0 Å². The Morgan fingerprint density at radius 2 is 1.81 bits per heavy atom. The molecule has 0 spiro atoms. The van der Waals surface area contributed by atoms with E-state index in [0.717, 1.165) is 0 Å². The lowest BCUT2D eigenvalue weighted by atomic mass is 10.1. The summed E-state index contributed by atoms with van der Waals surface area (Å²) in [4.78, 5) is 12.2. The zero-order valence-corrected chi connectivity index (χ0v) is 12.3. The van der Waals surface area contributed by atoms with Crippen molar-refractivity contribution in [2.24, 2.45) is 0 Å². The van der Waals surface area contributed by atoms with Gasteiger partial charge in [-0.1, -0.05) is 17.7 Å². The van der Waals surface area contributed by atoms with Gasteiger partial charge in [0.2, 0.25) is 0 Å². The third kappa shape index (κ3) is 3.38. The number of carbonyl (C=O) groups is 1. The summed E-state index contributed by atoms with van der Waals surface area (Å²) in [7, 11) is 2.90. The minimum Gasteiger partial charge on any atom is -0.507 e. The highest BCUT2D eigenvalue weighted by molar-refractivity contribution is 6.31. The predicted molar refractivity (Wildman–Crippen MR) is 80.6 cm³/mol. The van der Waals surface area contributed by atoms with Crippen molar-refractivity contribution in [2.45, 2.75) is 0 Å². The lowest BCUT2D eigenvalue weighted by Gasteiger charge is -2.12. The van der Waals surface area contributed by atoms with Gasteiger partial charge in [-0.3, -0.25) is 4.79 Å². The number of phenols is 1. The van der Waals surface area contributed by atoms with Crippen LogP contribution in [-0.2, 0) is 0 Å². The van der Waals surface area contributed by atoms with Crippen LogP contribution in [0, 0.1) is 0 Å². The molecule has 1 amide bonds. The highest BCUT2D eigenvalue weighted by atomic mass is 35.5. The fraction of sp³-hybridized carbons (Fsp3) is 0.133. The van der Waals surface area contributed by atoms with Crippen LogP contribution in [0.4, 0.5) is 5.69 Å². The number of rotatable bonds is 4. The van der Waals surface area contributed by atoms with Crippen LogP contribution < -0.4 is 14.8 Å². The Hall–Kier alpha value is -2.40. The minimum absolute atomic E-state index is 0.0765. The summed E-state index contributed by atoms with van der Waals surface area (Å²) in [5.41, 5.74) is 0.606. The van der Waals surface area contributed by atoms with E-state index in [2.05, 4.69) is 5.32 Å². The van der Waals surface area contributed by atoms with Crippen LogP contribution in [0.25, 0.3) is 0 Å². The fourth-order valence-corrected chi connectivity index (χ4v) is 2.01. The molecule has 0 aliphatic carbocycles. The number of benzene rings is 2. The molecule has 2 aromatic carbocycles. The van der Waals surface area contributed by atoms with Gasteiger partial charge in [-0.25, -0.2) is 0 Å². The molecule has 110 valence electrons. The van der Waals surface area contributed by atoms with Crippen LogP contribution >= 0.6 is 11.6 Å². The molecule has 0 fully saturated rings. The summed E-state index contributed by atoms with van der Waals surface area (Å²) in [6, 6.07) is 9.45. The van der Waals surface area contributed by atoms with Crippen LogP contribution in [-0.4, -0.2) is 25.2 Å². The van der Waals surface area contributed by atoms with E-state index in [4.69, 9.17) is 21.1 Å². The SMILES string of the molecule is COc1cc(O)c(C(=O)Nc2cccc(Cl)c2)cc1OC. The van der Waals surface area contributed by atoms with Gasteiger partial charge in [0.25, 0.3) is 5.91 Å². The normalized spacial score (nSPS) is 10.0. The number of anilines is 1. The summed E-state index contributed by atoms with van der Waals surface area (Å²) in [5.74, 6) is 0.0174. The van der Waals surface area contributed by atoms with Crippen LogP contribution in [0.5, 0.6) is 17.2 Å². The maximum atomic E-state index is 12.2. The van der Waals surface area contributed by atoms with Gasteiger partial charge < -0.3 is 19.9 Å². The Balaban J connectivity index is 2.31. The Bertz CT molecular complexity index is 673. The summed E-state index contributed by atoms with van der Waals surface area (Å²) in [5, 5.41) is 13.1. The number of hydrogen-bond donors (Lipinski definition) is 2. The monoisotopic (exact) mass is 307 g/mol. The van der Waals surface area contributed by atoms with Crippen LogP contribution in [0.15, 0.2) is 36.4 Å². The Morgan fingerprint density at radius 1 is 1.14 bits per heavy atom. The van der Waals surface area contributed by atoms with E-state index in [9.17, 15) is 9.90 Å². The van der Waals surface area contributed by atoms with E-state index in [1.165, 1.54) is 26.4 Å². The van der Waals surface area contributed by atoms with Crippen molar-refractivity contribution in [3.05, 3.63) is 47.0 Å². The summed E-state index contributed by atoms with van der Waals surface area (Å²) in [6.07, 6.45) is 0. The summed E-state index contributed by atoms with van der Waals surface area (Å²) >= 11 is 5.86. The quantitative estimate of drug-likeness (QED) is 0.909. The molecule has 0 aliphatic rings. The molecular weight excluding hydrogens is 294 g/mol. The van der Waals surface area contributed by atoms with Crippen molar-refractivity contribution < 1.29 is 19.4 Å². The zero-order valence-electron chi connectivity index (χ0n) is 11.5. The van der Waals surface area contributed by atoms with Gasteiger partial charge in [0.15, 0.2) is 11.5 Å². The molecule has 0 saturated heterocycles. The van der Waals surface area contributed by atoms with E-state index in [1.807, 2.05) is 0 Å². The fourth-order valence-electron chi connectivity index (χ4n) is 1.81. The molecule has 0 radical (unpaired) electrons. The number of carbonyl (C=O) groups excluding carboxylic acids is 1. The minimum atomic E-state index is -0.476. The number of amides is 1. The van der Waals surface area contributed by atoms with E-state index < -0.39 is 5.91 Å². The maximum Gasteiger partial charge on any atom is 0.259 e. The zero-order chi connectivity index (χ0) is 15.4. The summed E-state index contributed by atoms with van der Waals surface area (Å²) in [6.45, 7) is 0. The molecule has 0 heterocycles. The second-order valence-electron chi connectivity index (χ2n) is 4.19. The molecule has 2 aromatic rings. The average Bonchev–Trinajstić information content (AvgIpc) is 2.46. The molecule has 6 heteroatoms. The lowest BCUT2D eigenvalue weighted by molar-refractivity contribution is 0.102. The van der Waals surface area contributed by atoms with Gasteiger partial charge in [0.1, 0.15) is 5.75 Å². The molecule has 21 heavy (non-hydrogen) atoms. The van der Waals surface area contributed by atoms with Crippen molar-refractivity contribution in [3.63, 3.8) is 0 Å². The third-order valence-electron chi connectivity index (χ3n) is 2.83. The van der Waals surface area contributed by atoms with Gasteiger partial charge in [0.05, 0.1) is 19.8 Å². The second-order valence-corrected chi connectivity index (χ2v) is 4.63. The van der Waals surface area contributed by atoms with Gasteiger partial charge in [-0.15, -0.1) is 0 Å². The molecule has 0 unspecified atom stereocenters. The molecule has 0 atom stereocenters. The number of aromatic hydroxyl groups is 1. The van der Waals surface area contributed by atoms with Crippen LogP contribution in [0.3, 0.4) is 0 Å². The van der Waals surface area contributed by atoms with Crippen molar-refractivity contribution in [3.8, 4) is 17.2 Å². The molecule has 2 N–H and O–H groups in total. The number of hydrogen-bond acceptors (Lipinski definition) is 4. The number of phenolic OH excluding ortho intramolecular Hbond substituents is 1. The molecule has 2 rings (SSSR count). The molecule has 0 aromatic heterocycles. The van der Waals surface area contributed by atoms with Crippen molar-refractivity contribution >= 4 is 23.2 Å². The second kappa shape index (κ2) is 6.37. The molecule has 5 nitrogen and oxygen atoms in total. The van der Waals surface area contributed by atoms with Crippen LogP contribution in [0.1, 0.15) is 10.4 Å². The Kier molecular flexibility index (Phi) is 4.55. The Labute approximate surface area is 127 Å². The first-order chi connectivity index (χ1) is 10.0. The largest absolute Gasteiger partial charge is 0.507 e. The number of methoxy groups -OCH3 is 2. The van der Waals surface area contributed by atoms with Gasteiger partial charge in [0, 0.05) is 22.8 Å². The first-order valence-corrected chi connectivity index (χ1v) is 6.45. The predicted octanol–water partition coefficient (Wildman–Crippen LogP) is 3.32. The van der Waals surface area contributed by atoms with E-state index in [-0.39, 0.29) is 11.3 Å². The first-order valence-electron chi connectivity index (χ1n) is 6.07. The van der Waals surface area contributed by atoms with Crippen molar-refractivity contribution in [2.75, 3.05) is 19.5 Å². The average molecular weight is 308 g/mol. The smallest absolute Gasteiger partial charge is 0.259 e. The van der Waals surface area contributed by atoms with Crippen molar-refractivity contribution in [1.82, 2.24) is 0 Å². The van der Waals surface area contributed by atoms with Gasteiger partial charge in [-0.05, 0) is 18.2 Å². The lowest BCUT2D eigenvalue weighted by Crippen LogP contribution is -2.12. The van der Waals surface area contributed by atoms with Crippen LogP contribution in [0.2, 0.25) is 5.02 Å². The molecule has 0 aliphatic heterocycles. The summed E-state index contributed by atoms with van der Waals surface area (Å²) < 4.78 is 10.2. The molecule has 0 saturated carbocycles. The first kappa shape index (κ1) is 15.0. The standard InChI is InChI=1S/C15H14ClNO4/c1-20-13-7-11(12(18)8-14(13)21-2)15(19)17-10-5-3-4-9(16)6-10/h3-8,18H,1-2H3,(H,17,19). The van der Waals surface area contributed by atoms with Crippen molar-refractivity contribution in [1.29, 1.82) is 0 Å². The van der Waals surface area contributed by atoms with E-state index in [1.54, 1.807) is 24.3 Å². The Morgan fingerprint density at radius 3 is 2.43 bits per heavy atom. The number of nitrogens with one attached hydrogen (secondary N) is 1.